The molecule has 2 aliphatic heterocycles. The van der Waals surface area contributed by atoms with Gasteiger partial charge in [-0.1, -0.05) is 30.3 Å². The fourth-order valence-electron chi connectivity index (χ4n) is 3.33. The number of carbonyl (C=O) groups is 2. The number of carbonyl (C=O) groups excluding carboxylic acids is 2. The summed E-state index contributed by atoms with van der Waals surface area (Å²) >= 11 is 0. The van der Waals surface area contributed by atoms with Crippen molar-refractivity contribution in [3.63, 3.8) is 0 Å². The Morgan fingerprint density at radius 2 is 1.81 bits per heavy atom. The SMILES string of the molecule is O=C(OCc1ccccc1)N1CCn2ncc(C(=O)N3CCOCC3)c2C1. The number of ether oxygens (including phenoxy) is 2. The van der Waals surface area contributed by atoms with Gasteiger partial charge in [0, 0.05) is 19.6 Å². The third-order valence-corrected chi connectivity index (χ3v) is 4.86. The van der Waals surface area contributed by atoms with Gasteiger partial charge in [0.05, 0.1) is 43.8 Å². The number of hydrogen-bond donors (Lipinski definition) is 0. The number of rotatable bonds is 3. The highest BCUT2D eigenvalue weighted by atomic mass is 16.6. The fourth-order valence-corrected chi connectivity index (χ4v) is 3.33. The minimum atomic E-state index is -0.379. The first kappa shape index (κ1) is 17.5. The molecule has 0 saturated carbocycles. The summed E-state index contributed by atoms with van der Waals surface area (Å²) in [4.78, 5) is 28.6. The molecule has 8 heteroatoms. The van der Waals surface area contributed by atoms with E-state index in [2.05, 4.69) is 5.10 Å². The molecule has 3 heterocycles. The predicted molar refractivity (Wildman–Crippen MR) is 96.0 cm³/mol. The number of morpholine rings is 1. The van der Waals surface area contributed by atoms with Gasteiger partial charge in [-0.15, -0.1) is 0 Å². The van der Waals surface area contributed by atoms with Crippen LogP contribution in [0.4, 0.5) is 4.79 Å². The van der Waals surface area contributed by atoms with Crippen LogP contribution in [0, 0.1) is 0 Å². The number of nitrogens with zero attached hydrogens (tertiary/aromatic N) is 4. The van der Waals surface area contributed by atoms with Crippen LogP contribution in [0.25, 0.3) is 0 Å². The molecule has 2 aliphatic rings. The van der Waals surface area contributed by atoms with Crippen LogP contribution in [0.15, 0.2) is 36.5 Å². The van der Waals surface area contributed by atoms with E-state index in [1.807, 2.05) is 30.3 Å². The van der Waals surface area contributed by atoms with Gasteiger partial charge in [0.15, 0.2) is 0 Å². The maximum Gasteiger partial charge on any atom is 0.410 e. The summed E-state index contributed by atoms with van der Waals surface area (Å²) in [6.07, 6.45) is 1.22. The highest BCUT2D eigenvalue weighted by Gasteiger charge is 2.29. The average molecular weight is 370 g/mol. The van der Waals surface area contributed by atoms with Crippen LogP contribution < -0.4 is 0 Å². The van der Waals surface area contributed by atoms with Gasteiger partial charge in [0.2, 0.25) is 0 Å². The van der Waals surface area contributed by atoms with Gasteiger partial charge < -0.3 is 19.3 Å². The minimum absolute atomic E-state index is 0.0564. The van der Waals surface area contributed by atoms with Crippen molar-refractivity contribution >= 4 is 12.0 Å². The van der Waals surface area contributed by atoms with E-state index in [9.17, 15) is 9.59 Å². The summed E-state index contributed by atoms with van der Waals surface area (Å²) in [5.74, 6) is -0.0564. The minimum Gasteiger partial charge on any atom is -0.445 e. The smallest absolute Gasteiger partial charge is 0.410 e. The van der Waals surface area contributed by atoms with E-state index in [-0.39, 0.29) is 18.6 Å². The number of amides is 2. The average Bonchev–Trinajstić information content (AvgIpc) is 3.16. The summed E-state index contributed by atoms with van der Waals surface area (Å²) < 4.78 is 12.5. The summed E-state index contributed by atoms with van der Waals surface area (Å²) in [5, 5.41) is 4.32. The molecule has 0 bridgehead atoms. The second-order valence-corrected chi connectivity index (χ2v) is 6.59. The Kier molecular flexibility index (Phi) is 5.06. The standard InChI is InChI=1S/C19H22N4O4/c24-18(21-8-10-26-11-9-21)16-12-20-23-7-6-22(13-17(16)23)19(25)27-14-15-4-2-1-3-5-15/h1-5,12H,6-11,13-14H2. The molecule has 27 heavy (non-hydrogen) atoms. The van der Waals surface area contributed by atoms with Crippen molar-refractivity contribution in [2.24, 2.45) is 0 Å². The van der Waals surface area contributed by atoms with Crippen LogP contribution in [0.1, 0.15) is 21.6 Å². The molecule has 0 atom stereocenters. The zero-order valence-electron chi connectivity index (χ0n) is 15.0. The zero-order chi connectivity index (χ0) is 18.6. The Labute approximate surface area is 157 Å². The van der Waals surface area contributed by atoms with E-state index < -0.39 is 0 Å². The molecule has 0 radical (unpaired) electrons. The van der Waals surface area contributed by atoms with Gasteiger partial charge >= 0.3 is 6.09 Å². The number of benzene rings is 1. The molecule has 1 saturated heterocycles. The highest BCUT2D eigenvalue weighted by molar-refractivity contribution is 5.95. The van der Waals surface area contributed by atoms with Crippen molar-refractivity contribution in [1.29, 1.82) is 0 Å². The van der Waals surface area contributed by atoms with Gasteiger partial charge in [-0.3, -0.25) is 9.48 Å². The summed E-state index contributed by atoms with van der Waals surface area (Å²) in [6, 6.07) is 9.57. The maximum atomic E-state index is 12.8. The number of fused-ring (bicyclic) bond motifs is 1. The number of aromatic nitrogens is 2. The summed E-state index contributed by atoms with van der Waals surface area (Å²) in [6.45, 7) is 3.85. The molecule has 0 unspecified atom stereocenters. The second kappa shape index (κ2) is 7.79. The zero-order valence-corrected chi connectivity index (χ0v) is 15.0. The van der Waals surface area contributed by atoms with E-state index in [1.165, 1.54) is 0 Å². The van der Waals surface area contributed by atoms with Crippen LogP contribution in [-0.4, -0.2) is 64.4 Å². The fraction of sp³-hybridized carbons (Fsp3) is 0.421. The molecule has 0 aliphatic carbocycles. The molecule has 2 amide bonds. The van der Waals surface area contributed by atoms with Crippen molar-refractivity contribution in [3.8, 4) is 0 Å². The van der Waals surface area contributed by atoms with Crippen molar-refractivity contribution in [2.75, 3.05) is 32.8 Å². The van der Waals surface area contributed by atoms with E-state index in [4.69, 9.17) is 9.47 Å². The van der Waals surface area contributed by atoms with Crippen LogP contribution in [0.3, 0.4) is 0 Å². The monoisotopic (exact) mass is 370 g/mol. The molecule has 0 spiro atoms. The quantitative estimate of drug-likeness (QED) is 0.819. The molecule has 2 aromatic rings. The molecule has 1 fully saturated rings. The van der Waals surface area contributed by atoms with Crippen LogP contribution in [0.5, 0.6) is 0 Å². The van der Waals surface area contributed by atoms with Crippen LogP contribution in [-0.2, 0) is 29.2 Å². The normalized spacial score (nSPS) is 16.7. The van der Waals surface area contributed by atoms with E-state index >= 15 is 0 Å². The van der Waals surface area contributed by atoms with E-state index in [1.54, 1.807) is 20.7 Å². The Morgan fingerprint density at radius 1 is 1.04 bits per heavy atom. The van der Waals surface area contributed by atoms with Gasteiger partial charge in [-0.05, 0) is 5.56 Å². The van der Waals surface area contributed by atoms with Crippen molar-refractivity contribution < 1.29 is 19.1 Å². The lowest BCUT2D eigenvalue weighted by Crippen LogP contribution is -2.42. The predicted octanol–water partition coefficient (Wildman–Crippen LogP) is 1.51. The molecule has 1 aromatic carbocycles. The lowest BCUT2D eigenvalue weighted by molar-refractivity contribution is 0.0300. The Balaban J connectivity index is 1.42. The first-order chi connectivity index (χ1) is 13.2. The van der Waals surface area contributed by atoms with Crippen LogP contribution in [0.2, 0.25) is 0 Å². The highest BCUT2D eigenvalue weighted by Crippen LogP contribution is 2.20. The molecule has 0 N–H and O–H groups in total. The van der Waals surface area contributed by atoms with Gasteiger partial charge in [-0.2, -0.15) is 5.10 Å². The van der Waals surface area contributed by atoms with Crippen LogP contribution >= 0.6 is 0 Å². The largest absolute Gasteiger partial charge is 0.445 e. The molecule has 1 aromatic heterocycles. The van der Waals surface area contributed by atoms with Crippen molar-refractivity contribution in [2.45, 2.75) is 19.7 Å². The lowest BCUT2D eigenvalue weighted by atomic mass is 10.1. The molecular weight excluding hydrogens is 348 g/mol. The molecular formula is C19H22N4O4. The first-order valence-corrected chi connectivity index (χ1v) is 9.10. The Hall–Kier alpha value is -2.87. The van der Waals surface area contributed by atoms with Crippen molar-refractivity contribution in [1.82, 2.24) is 19.6 Å². The molecule has 4 rings (SSSR count). The molecule has 142 valence electrons. The van der Waals surface area contributed by atoms with Crippen molar-refractivity contribution in [3.05, 3.63) is 53.3 Å². The maximum absolute atomic E-state index is 12.8. The number of hydrogen-bond acceptors (Lipinski definition) is 5. The molecule has 8 nitrogen and oxygen atoms in total. The van der Waals surface area contributed by atoms with Gasteiger partial charge in [-0.25, -0.2) is 4.79 Å². The summed E-state index contributed by atoms with van der Waals surface area (Å²) in [7, 11) is 0. The van der Waals surface area contributed by atoms with Gasteiger partial charge in [0.25, 0.3) is 5.91 Å². The third-order valence-electron chi connectivity index (χ3n) is 4.86. The Bertz CT molecular complexity index is 814. The third kappa shape index (κ3) is 3.80. The second-order valence-electron chi connectivity index (χ2n) is 6.59. The lowest BCUT2D eigenvalue weighted by Gasteiger charge is -2.29. The summed E-state index contributed by atoms with van der Waals surface area (Å²) in [5.41, 5.74) is 2.25. The topological polar surface area (TPSA) is 76.9 Å². The van der Waals surface area contributed by atoms with Gasteiger partial charge in [0.1, 0.15) is 6.61 Å². The Morgan fingerprint density at radius 3 is 2.59 bits per heavy atom. The van der Waals surface area contributed by atoms with E-state index in [0.29, 0.717) is 51.5 Å². The first-order valence-electron chi connectivity index (χ1n) is 9.10. The van der Waals surface area contributed by atoms with E-state index in [0.717, 1.165) is 11.3 Å².